The molecule has 0 atom stereocenters. The van der Waals surface area contributed by atoms with Gasteiger partial charge in [-0.1, -0.05) is 12.2 Å². The molecular weight excluding hydrogens is 234 g/mol. The van der Waals surface area contributed by atoms with Gasteiger partial charge in [-0.05, 0) is 62.4 Å². The van der Waals surface area contributed by atoms with Crippen molar-refractivity contribution in [3.8, 4) is 5.75 Å². The number of hydrogen-bond donors (Lipinski definition) is 0. The van der Waals surface area contributed by atoms with E-state index < -0.39 is 0 Å². The minimum atomic E-state index is 0.563. The van der Waals surface area contributed by atoms with Gasteiger partial charge < -0.3 is 4.74 Å². The van der Waals surface area contributed by atoms with E-state index in [1.165, 1.54) is 29.5 Å². The third-order valence-corrected chi connectivity index (χ3v) is 3.58. The number of benzene rings is 1. The summed E-state index contributed by atoms with van der Waals surface area (Å²) in [7, 11) is 0. The summed E-state index contributed by atoms with van der Waals surface area (Å²) in [5.74, 6) is 0.892. The number of allylic oxidation sites excluding steroid dienone is 1. The molecule has 19 heavy (non-hydrogen) atoms. The third kappa shape index (κ3) is 2.62. The summed E-state index contributed by atoms with van der Waals surface area (Å²) in [6.07, 6.45) is 8.48. The van der Waals surface area contributed by atoms with Crippen LogP contribution in [0.4, 0.5) is 0 Å². The number of rotatable bonds is 3. The van der Waals surface area contributed by atoms with Crippen LogP contribution in [0.15, 0.2) is 36.4 Å². The van der Waals surface area contributed by atoms with Gasteiger partial charge in [-0.3, -0.25) is 4.98 Å². The van der Waals surface area contributed by atoms with E-state index in [1.54, 1.807) is 6.08 Å². The van der Waals surface area contributed by atoms with E-state index in [-0.39, 0.29) is 0 Å². The molecule has 1 heterocycles. The highest BCUT2D eigenvalue weighted by Gasteiger charge is 2.11. The fourth-order valence-corrected chi connectivity index (χ4v) is 2.58. The van der Waals surface area contributed by atoms with Crippen LogP contribution in [0.1, 0.15) is 24.1 Å². The van der Waals surface area contributed by atoms with E-state index in [4.69, 9.17) is 9.72 Å². The Morgan fingerprint density at radius 2 is 2.11 bits per heavy atom. The maximum atomic E-state index is 5.64. The van der Waals surface area contributed by atoms with Crippen LogP contribution in [0.25, 0.3) is 10.9 Å². The van der Waals surface area contributed by atoms with Gasteiger partial charge in [0, 0.05) is 11.1 Å². The lowest BCUT2D eigenvalue weighted by Crippen LogP contribution is -2.05. The molecule has 0 N–H and O–H groups in total. The molecule has 0 fully saturated rings. The van der Waals surface area contributed by atoms with E-state index in [0.29, 0.717) is 6.61 Å². The molecule has 2 heteroatoms. The maximum Gasteiger partial charge on any atom is 0.120 e. The second kappa shape index (κ2) is 5.43. The van der Waals surface area contributed by atoms with Crippen LogP contribution in [-0.4, -0.2) is 11.6 Å². The number of pyridine rings is 1. The molecular formula is C17H18NO. The molecule has 1 aromatic heterocycles. The molecule has 0 spiro atoms. The molecule has 0 bridgehead atoms. The predicted molar refractivity (Wildman–Crippen MR) is 78.4 cm³/mol. The molecule has 0 unspecified atom stereocenters. The summed E-state index contributed by atoms with van der Waals surface area (Å²) in [6.45, 7) is 4.21. The summed E-state index contributed by atoms with van der Waals surface area (Å²) in [5.41, 5.74) is 3.77. The van der Waals surface area contributed by atoms with Crippen molar-refractivity contribution in [3.05, 3.63) is 54.6 Å². The molecule has 3 rings (SSSR count). The van der Waals surface area contributed by atoms with Crippen LogP contribution in [-0.2, 0) is 12.8 Å². The first kappa shape index (κ1) is 12.2. The van der Waals surface area contributed by atoms with E-state index in [9.17, 15) is 0 Å². The molecule has 1 aromatic carbocycles. The second-order valence-electron chi connectivity index (χ2n) is 4.94. The first-order valence-electron chi connectivity index (χ1n) is 6.86. The number of aryl methyl sites for hydroxylation is 2. The van der Waals surface area contributed by atoms with E-state index in [2.05, 4.69) is 19.1 Å². The molecule has 1 aliphatic rings. The van der Waals surface area contributed by atoms with Gasteiger partial charge in [0.05, 0.1) is 5.52 Å². The number of ether oxygens (including phenoxy) is 1. The van der Waals surface area contributed by atoms with Gasteiger partial charge in [-0.25, -0.2) is 0 Å². The smallest absolute Gasteiger partial charge is 0.120 e. The van der Waals surface area contributed by atoms with Gasteiger partial charge >= 0.3 is 0 Å². The average molecular weight is 252 g/mol. The van der Waals surface area contributed by atoms with Crippen LogP contribution in [0.2, 0.25) is 0 Å². The lowest BCUT2D eigenvalue weighted by Gasteiger charge is -2.15. The highest BCUT2D eigenvalue weighted by Crippen LogP contribution is 2.26. The van der Waals surface area contributed by atoms with Crippen LogP contribution in [0.3, 0.4) is 0 Å². The summed E-state index contributed by atoms with van der Waals surface area (Å²) < 4.78 is 5.64. The first-order chi connectivity index (χ1) is 9.36. The molecule has 2 aromatic rings. The molecule has 0 amide bonds. The molecule has 0 aliphatic heterocycles. The largest absolute Gasteiger partial charge is 0.490 e. The van der Waals surface area contributed by atoms with Crippen molar-refractivity contribution in [2.45, 2.75) is 25.7 Å². The quantitative estimate of drug-likeness (QED) is 0.827. The fraction of sp³-hybridized carbons (Fsp3) is 0.294. The normalized spacial score (nSPS) is 14.8. The van der Waals surface area contributed by atoms with Crippen molar-refractivity contribution in [3.63, 3.8) is 0 Å². The molecule has 0 saturated carbocycles. The Morgan fingerprint density at radius 1 is 1.21 bits per heavy atom. The molecule has 97 valence electrons. The van der Waals surface area contributed by atoms with Gasteiger partial charge in [-0.2, -0.15) is 0 Å². The lowest BCUT2D eigenvalue weighted by molar-refractivity contribution is 0.363. The average Bonchev–Trinajstić information content (AvgIpc) is 2.45. The lowest BCUT2D eigenvalue weighted by atomic mass is 9.95. The Labute approximate surface area is 114 Å². The topological polar surface area (TPSA) is 22.1 Å². The van der Waals surface area contributed by atoms with Gasteiger partial charge in [-0.15, -0.1) is 0 Å². The number of hydrogen-bond acceptors (Lipinski definition) is 2. The standard InChI is InChI=1S/C17H18NO/c1-2-3-10-19-15-8-9-17-14(12-15)11-13-6-4-5-7-16(13)18-17/h2-3,8-9,11-12H,1,4-7,10H2/b3-2+. The van der Waals surface area contributed by atoms with Crippen molar-refractivity contribution < 1.29 is 4.74 Å². The minimum absolute atomic E-state index is 0.563. The minimum Gasteiger partial charge on any atom is -0.490 e. The van der Waals surface area contributed by atoms with Gasteiger partial charge in [0.25, 0.3) is 0 Å². The highest BCUT2D eigenvalue weighted by atomic mass is 16.5. The Kier molecular flexibility index (Phi) is 3.49. The van der Waals surface area contributed by atoms with Gasteiger partial charge in [0.1, 0.15) is 12.4 Å². The summed E-state index contributed by atoms with van der Waals surface area (Å²) in [4.78, 5) is 4.77. The molecule has 1 radical (unpaired) electrons. The molecule has 0 saturated heterocycles. The zero-order valence-electron chi connectivity index (χ0n) is 11.1. The third-order valence-electron chi connectivity index (χ3n) is 3.58. The Morgan fingerprint density at radius 3 is 3.00 bits per heavy atom. The van der Waals surface area contributed by atoms with Crippen molar-refractivity contribution in [1.82, 2.24) is 4.98 Å². The SMILES string of the molecule is [CH2]/C=C/COc1ccc2nc3c(cc2c1)CCCC3. The second-order valence-corrected chi connectivity index (χ2v) is 4.94. The highest BCUT2D eigenvalue weighted by molar-refractivity contribution is 5.81. The zero-order valence-corrected chi connectivity index (χ0v) is 11.1. The van der Waals surface area contributed by atoms with Gasteiger partial charge in [0.15, 0.2) is 0 Å². The number of nitrogens with zero attached hydrogens (tertiary/aromatic N) is 1. The summed E-state index contributed by atoms with van der Waals surface area (Å²) in [5, 5.41) is 1.18. The molecule has 2 nitrogen and oxygen atoms in total. The monoisotopic (exact) mass is 252 g/mol. The summed E-state index contributed by atoms with van der Waals surface area (Å²) in [6, 6.07) is 8.39. The Hall–Kier alpha value is -1.83. The first-order valence-corrected chi connectivity index (χ1v) is 6.86. The zero-order chi connectivity index (χ0) is 13.1. The van der Waals surface area contributed by atoms with E-state index >= 15 is 0 Å². The van der Waals surface area contributed by atoms with E-state index in [1.807, 2.05) is 18.2 Å². The van der Waals surface area contributed by atoms with Crippen molar-refractivity contribution in [1.29, 1.82) is 0 Å². The van der Waals surface area contributed by atoms with Crippen molar-refractivity contribution in [2.75, 3.05) is 6.61 Å². The van der Waals surface area contributed by atoms with Crippen molar-refractivity contribution in [2.24, 2.45) is 0 Å². The number of fused-ring (bicyclic) bond motifs is 2. The van der Waals surface area contributed by atoms with Crippen LogP contribution < -0.4 is 4.74 Å². The predicted octanol–water partition coefficient (Wildman–Crippen LogP) is 3.88. The van der Waals surface area contributed by atoms with E-state index in [0.717, 1.165) is 24.1 Å². The van der Waals surface area contributed by atoms with Crippen LogP contribution >= 0.6 is 0 Å². The Bertz CT molecular complexity index is 616. The Balaban J connectivity index is 1.93. The molecule has 1 aliphatic carbocycles. The maximum absolute atomic E-state index is 5.64. The fourth-order valence-electron chi connectivity index (χ4n) is 2.58. The summed E-state index contributed by atoms with van der Waals surface area (Å²) >= 11 is 0. The van der Waals surface area contributed by atoms with Crippen LogP contribution in [0.5, 0.6) is 5.75 Å². The van der Waals surface area contributed by atoms with Gasteiger partial charge in [0.2, 0.25) is 0 Å². The van der Waals surface area contributed by atoms with Crippen molar-refractivity contribution >= 4 is 10.9 Å². The number of aromatic nitrogens is 1. The van der Waals surface area contributed by atoms with Crippen LogP contribution in [0, 0.1) is 6.92 Å².